The largest absolute Gasteiger partial charge is 0.349 e. The van der Waals surface area contributed by atoms with Gasteiger partial charge in [0.2, 0.25) is 47.4 Å². The third kappa shape index (κ3) is 6.43. The molecule has 0 nitrogen and oxygen atoms in total. The number of halogens is 28. The topological polar surface area (TPSA) is 0 Å². The van der Waals surface area contributed by atoms with E-state index in [0.717, 1.165) is 0 Å². The first-order valence-electron chi connectivity index (χ1n) is 13.2. The molecule has 4 saturated carbocycles. The molecule has 28 heteroatoms. The first-order chi connectivity index (χ1) is 22.3. The Kier molecular flexibility index (Phi) is 13.1. The number of hydrogen-bond donors (Lipinski definition) is 0. The fourth-order valence-corrected chi connectivity index (χ4v) is 4.52. The van der Waals surface area contributed by atoms with Gasteiger partial charge in [0.1, 0.15) is 0 Å². The summed E-state index contributed by atoms with van der Waals surface area (Å²) in [5, 5.41) is 0. The van der Waals surface area contributed by atoms with Crippen molar-refractivity contribution in [3.63, 3.8) is 0 Å². The smallest absolute Gasteiger partial charge is 0.240 e. The summed E-state index contributed by atoms with van der Waals surface area (Å²) in [7, 11) is 0. The summed E-state index contributed by atoms with van der Waals surface area (Å²) in [4.78, 5) is 0. The summed E-state index contributed by atoms with van der Waals surface area (Å²) in [5.74, 6) is -42.5. The van der Waals surface area contributed by atoms with Gasteiger partial charge in [-0.05, 0) is 27.7 Å². The second-order valence-corrected chi connectivity index (χ2v) is 12.3. The monoisotopic (exact) mass is 856 g/mol. The zero-order chi connectivity index (χ0) is 42.6. The van der Waals surface area contributed by atoms with Gasteiger partial charge in [-0.3, -0.25) is 0 Å². The molecule has 0 N–H and O–H groups in total. The van der Waals surface area contributed by atoms with Crippen molar-refractivity contribution in [2.24, 2.45) is 0 Å². The normalized spacial score (nSPS) is 47.1. The van der Waals surface area contributed by atoms with Gasteiger partial charge < -0.3 is 0 Å². The van der Waals surface area contributed by atoms with Gasteiger partial charge >= 0.3 is 47.4 Å². The molecule has 0 heterocycles. The summed E-state index contributed by atoms with van der Waals surface area (Å²) in [6.07, 6.45) is -29.3. The SMILES string of the molecule is C.CC1(F)C(F)C(F)C(F)(F)C1(F)F.CC1(F)[C@@H](F)[C@@H](F)C(F)(F)C1(F)F.CC1(F)[C@@H](F)[C@H](F)C(F)(F)C1(F)F.CC1(F)[C@H](F)[C@@H](F)C(F)(F)C1(F)F. The molecular formula is C25H24F28. The zero-order valence-corrected chi connectivity index (χ0v) is 25.2. The van der Waals surface area contributed by atoms with Crippen LogP contribution in [0.1, 0.15) is 35.1 Å². The fourth-order valence-electron chi connectivity index (χ4n) is 4.52. The average Bonchev–Trinajstić information content (AvgIpc) is 3.21. The Morgan fingerprint density at radius 2 is 0.321 bits per heavy atom. The molecule has 12 atom stereocenters. The molecule has 0 aromatic carbocycles. The summed E-state index contributed by atoms with van der Waals surface area (Å²) >= 11 is 0. The van der Waals surface area contributed by atoms with E-state index in [4.69, 9.17) is 0 Å². The highest BCUT2D eigenvalue weighted by Gasteiger charge is 2.86. The van der Waals surface area contributed by atoms with E-state index < -0.39 is 119 Å². The van der Waals surface area contributed by atoms with Crippen LogP contribution in [0.3, 0.4) is 0 Å². The number of hydrogen-bond acceptors (Lipinski definition) is 0. The standard InChI is InChI=1S/4C6H5F7.CH4/c4*1-4(9)2(7)3(8)5(10,11)6(4,12)13;/h4*2-3H,1H3;1H4/t2-,3+,4?;2*2-,3-,4?;;/m010../s1. The van der Waals surface area contributed by atoms with E-state index in [-0.39, 0.29) is 35.1 Å². The van der Waals surface area contributed by atoms with Crippen molar-refractivity contribution >= 4 is 0 Å². The van der Waals surface area contributed by atoms with E-state index in [1.807, 2.05) is 0 Å². The molecule has 4 fully saturated rings. The summed E-state index contributed by atoms with van der Waals surface area (Å²) in [5.41, 5.74) is -16.7. The van der Waals surface area contributed by atoms with Crippen molar-refractivity contribution in [3.05, 3.63) is 0 Å². The summed E-state index contributed by atoms with van der Waals surface area (Å²) < 4.78 is 346. The van der Waals surface area contributed by atoms with Crippen LogP contribution in [-0.4, -0.2) is 119 Å². The van der Waals surface area contributed by atoms with Crippen LogP contribution < -0.4 is 0 Å². The Labute approximate surface area is 278 Å². The Hall–Kier alpha value is -1.96. The molecule has 0 saturated heterocycles. The highest BCUT2D eigenvalue weighted by Crippen LogP contribution is 2.60. The van der Waals surface area contributed by atoms with Crippen LogP contribution in [0.15, 0.2) is 0 Å². The third-order valence-electron chi connectivity index (χ3n) is 8.62. The second kappa shape index (κ2) is 13.6. The minimum atomic E-state index is -5.32. The first-order valence-corrected chi connectivity index (χ1v) is 13.2. The molecule has 0 aromatic rings. The molecule has 0 aromatic heterocycles. The fraction of sp³-hybridized carbons (Fsp3) is 1.00. The zero-order valence-electron chi connectivity index (χ0n) is 25.2. The van der Waals surface area contributed by atoms with Crippen LogP contribution in [0.2, 0.25) is 0 Å². The van der Waals surface area contributed by atoms with Crippen LogP contribution in [0.4, 0.5) is 123 Å². The van der Waals surface area contributed by atoms with Crippen molar-refractivity contribution in [3.8, 4) is 0 Å². The Bertz CT molecular complexity index is 989. The predicted octanol–water partition coefficient (Wildman–Crippen LogP) is 11.3. The van der Waals surface area contributed by atoms with Gasteiger partial charge in [0.25, 0.3) is 0 Å². The quantitative estimate of drug-likeness (QED) is 0.213. The minimum absolute atomic E-state index is 0. The molecule has 4 aliphatic carbocycles. The van der Waals surface area contributed by atoms with E-state index in [2.05, 4.69) is 0 Å². The van der Waals surface area contributed by atoms with Gasteiger partial charge in [-0.1, -0.05) is 7.43 Å². The molecule has 0 aliphatic heterocycles. The van der Waals surface area contributed by atoms with Crippen LogP contribution in [-0.2, 0) is 0 Å². The highest BCUT2D eigenvalue weighted by molar-refractivity contribution is 5.20. The van der Waals surface area contributed by atoms with E-state index in [1.54, 1.807) is 0 Å². The maximum Gasteiger partial charge on any atom is 0.349 e. The van der Waals surface area contributed by atoms with Crippen molar-refractivity contribution in [1.82, 2.24) is 0 Å². The lowest BCUT2D eigenvalue weighted by Crippen LogP contribution is -2.49. The van der Waals surface area contributed by atoms with Crippen molar-refractivity contribution in [2.45, 2.75) is 155 Å². The van der Waals surface area contributed by atoms with E-state index >= 15 is 0 Å². The Balaban J connectivity index is 0.000000676. The van der Waals surface area contributed by atoms with Gasteiger partial charge in [0.15, 0.2) is 24.7 Å². The number of rotatable bonds is 0. The van der Waals surface area contributed by atoms with Gasteiger partial charge in [-0.15, -0.1) is 0 Å². The number of alkyl halides is 28. The van der Waals surface area contributed by atoms with Gasteiger partial charge in [0, 0.05) is 0 Å². The van der Waals surface area contributed by atoms with E-state index in [9.17, 15) is 123 Å². The molecule has 0 spiro atoms. The van der Waals surface area contributed by atoms with E-state index in [0.29, 0.717) is 0 Å². The van der Waals surface area contributed by atoms with Crippen LogP contribution >= 0.6 is 0 Å². The maximum absolute atomic E-state index is 12.7. The molecule has 53 heavy (non-hydrogen) atoms. The van der Waals surface area contributed by atoms with Crippen LogP contribution in [0.5, 0.6) is 0 Å². The molecule has 0 bridgehead atoms. The molecular weight excluding hydrogens is 832 g/mol. The Morgan fingerprint density at radius 3 is 0.340 bits per heavy atom. The van der Waals surface area contributed by atoms with Crippen molar-refractivity contribution in [1.29, 1.82) is 0 Å². The maximum atomic E-state index is 12.7. The molecule has 4 rings (SSSR count). The van der Waals surface area contributed by atoms with Gasteiger partial charge in [0.05, 0.1) is 0 Å². The lowest BCUT2D eigenvalue weighted by atomic mass is 10.0. The molecule has 6 unspecified atom stereocenters. The van der Waals surface area contributed by atoms with Crippen molar-refractivity contribution in [2.75, 3.05) is 0 Å². The lowest BCUT2D eigenvalue weighted by Gasteiger charge is -2.25. The predicted molar refractivity (Wildman–Crippen MR) is 124 cm³/mol. The van der Waals surface area contributed by atoms with E-state index in [1.165, 1.54) is 0 Å². The van der Waals surface area contributed by atoms with Crippen molar-refractivity contribution < 1.29 is 123 Å². The third-order valence-corrected chi connectivity index (χ3v) is 8.62. The molecule has 0 amide bonds. The lowest BCUT2D eigenvalue weighted by molar-refractivity contribution is -0.244. The van der Waals surface area contributed by atoms with Gasteiger partial charge in [-0.25, -0.2) is 52.7 Å². The second-order valence-electron chi connectivity index (χ2n) is 12.3. The summed E-state index contributed by atoms with van der Waals surface area (Å²) in [6.45, 7) is -0.313. The minimum Gasteiger partial charge on any atom is -0.240 e. The Morgan fingerprint density at radius 1 is 0.226 bits per heavy atom. The molecule has 0 radical (unpaired) electrons. The average molecular weight is 856 g/mol. The first kappa shape index (κ1) is 51.0. The molecule has 320 valence electrons. The van der Waals surface area contributed by atoms with Crippen LogP contribution in [0, 0.1) is 0 Å². The van der Waals surface area contributed by atoms with Crippen LogP contribution in [0.25, 0.3) is 0 Å². The highest BCUT2D eigenvalue weighted by atomic mass is 19.4. The molecule has 4 aliphatic rings. The van der Waals surface area contributed by atoms with Gasteiger partial charge in [-0.2, -0.15) is 70.2 Å². The summed E-state index contributed by atoms with van der Waals surface area (Å²) in [6, 6.07) is 0.